The molecule has 0 aliphatic heterocycles. The summed E-state index contributed by atoms with van der Waals surface area (Å²) >= 11 is 2.83. The number of aromatic hydroxyl groups is 1. The fraction of sp³-hybridized carbons (Fsp3) is 0.750. The molecule has 1 N–H and O–H groups in total. The van der Waals surface area contributed by atoms with Gasteiger partial charge in [-0.3, -0.25) is 4.79 Å². The number of aldehydes is 1. The second-order valence-corrected chi connectivity index (χ2v) is 7.64. The third-order valence-electron chi connectivity index (χ3n) is 3.45. The first-order valence-corrected chi connectivity index (χ1v) is 9.86. The van der Waals surface area contributed by atoms with Crippen LogP contribution in [-0.2, 0) is 0 Å². The molecule has 5 heteroatoms. The van der Waals surface area contributed by atoms with Gasteiger partial charge in [0.1, 0.15) is 0 Å². The van der Waals surface area contributed by atoms with Gasteiger partial charge in [-0.05, 0) is 6.42 Å². The molecule has 0 atom stereocenters. The Hall–Kier alpha value is -0.550. The van der Waals surface area contributed by atoms with E-state index in [1.165, 1.54) is 75.5 Å². The number of carbonyl (C=O) groups excluding carboxylic acids is 1. The first-order chi connectivity index (χ1) is 10.3. The van der Waals surface area contributed by atoms with Crippen LogP contribution in [0.25, 0.3) is 0 Å². The molecule has 0 radical (unpaired) electrons. The van der Waals surface area contributed by atoms with Gasteiger partial charge in [-0.1, -0.05) is 87.8 Å². The number of thioether (sulfide) groups is 1. The van der Waals surface area contributed by atoms with Gasteiger partial charge in [-0.15, -0.1) is 0 Å². The van der Waals surface area contributed by atoms with Crippen LogP contribution in [0.1, 0.15) is 81.6 Å². The fourth-order valence-electron chi connectivity index (χ4n) is 2.19. The largest absolute Gasteiger partial charge is 0.498 e. The van der Waals surface area contributed by atoms with E-state index in [1.54, 1.807) is 11.8 Å². The maximum Gasteiger partial charge on any atom is 0.203 e. The van der Waals surface area contributed by atoms with Crippen LogP contribution in [0, 0.1) is 0 Å². The fourth-order valence-corrected chi connectivity index (χ4v) is 4.11. The van der Waals surface area contributed by atoms with Crippen LogP contribution in [0.2, 0.25) is 0 Å². The Bertz CT molecular complexity index is 394. The molecule has 1 aromatic heterocycles. The molecular formula is C16H27NO2S2. The first-order valence-electron chi connectivity index (χ1n) is 8.05. The number of carbonyl (C=O) groups is 1. The summed E-state index contributed by atoms with van der Waals surface area (Å²) in [4.78, 5) is 14.6. The molecule has 0 aromatic carbocycles. The van der Waals surface area contributed by atoms with E-state index in [0.717, 1.165) is 10.1 Å². The summed E-state index contributed by atoms with van der Waals surface area (Å²) in [7, 11) is 0. The molecule has 1 rings (SSSR count). The highest BCUT2D eigenvalue weighted by atomic mass is 32.2. The second-order valence-electron chi connectivity index (χ2n) is 5.32. The third-order valence-corrected chi connectivity index (χ3v) is 5.55. The Morgan fingerprint density at radius 3 is 2.14 bits per heavy atom. The zero-order valence-electron chi connectivity index (χ0n) is 13.0. The van der Waals surface area contributed by atoms with Gasteiger partial charge in [0.15, 0.2) is 16.3 Å². The number of aromatic nitrogens is 1. The van der Waals surface area contributed by atoms with E-state index in [4.69, 9.17) is 0 Å². The van der Waals surface area contributed by atoms with Crippen LogP contribution in [0.15, 0.2) is 4.34 Å². The van der Waals surface area contributed by atoms with Crippen molar-refractivity contribution in [2.75, 3.05) is 5.75 Å². The maximum absolute atomic E-state index is 10.6. The normalized spacial score (nSPS) is 10.9. The van der Waals surface area contributed by atoms with Crippen molar-refractivity contribution in [3.8, 4) is 5.06 Å². The lowest BCUT2D eigenvalue weighted by molar-refractivity contribution is 0.111. The third kappa shape index (κ3) is 8.47. The van der Waals surface area contributed by atoms with Crippen LogP contribution in [0.5, 0.6) is 5.06 Å². The molecule has 0 aliphatic rings. The Morgan fingerprint density at radius 1 is 1.05 bits per heavy atom. The van der Waals surface area contributed by atoms with Gasteiger partial charge in [-0.2, -0.15) is 0 Å². The van der Waals surface area contributed by atoms with E-state index in [-0.39, 0.29) is 10.8 Å². The van der Waals surface area contributed by atoms with Crippen molar-refractivity contribution in [2.45, 2.75) is 75.5 Å². The van der Waals surface area contributed by atoms with Gasteiger partial charge in [-0.25, -0.2) is 4.98 Å². The van der Waals surface area contributed by atoms with Crippen molar-refractivity contribution in [2.24, 2.45) is 0 Å². The molecule has 0 spiro atoms. The summed E-state index contributed by atoms with van der Waals surface area (Å²) in [6.07, 6.45) is 14.0. The van der Waals surface area contributed by atoms with Crippen LogP contribution in [0.3, 0.4) is 0 Å². The van der Waals surface area contributed by atoms with Gasteiger partial charge in [0.25, 0.3) is 0 Å². The lowest BCUT2D eigenvalue weighted by Gasteiger charge is -2.01. The number of nitrogens with zero attached hydrogens (tertiary/aromatic N) is 1. The molecule has 3 nitrogen and oxygen atoms in total. The average Bonchev–Trinajstić information content (AvgIpc) is 2.85. The van der Waals surface area contributed by atoms with E-state index >= 15 is 0 Å². The topological polar surface area (TPSA) is 50.2 Å². The number of rotatable bonds is 13. The number of hydrogen-bond acceptors (Lipinski definition) is 5. The minimum Gasteiger partial charge on any atom is -0.498 e. The molecule has 0 fully saturated rings. The molecule has 120 valence electrons. The predicted molar refractivity (Wildman–Crippen MR) is 91.7 cm³/mol. The SMILES string of the molecule is CCCCCCCCCCCCSc1nc(C=O)c(O)s1. The van der Waals surface area contributed by atoms with E-state index in [1.807, 2.05) is 0 Å². The van der Waals surface area contributed by atoms with E-state index in [0.29, 0.717) is 6.29 Å². The summed E-state index contributed by atoms with van der Waals surface area (Å²) < 4.78 is 0.797. The molecule has 0 unspecified atom stereocenters. The zero-order valence-corrected chi connectivity index (χ0v) is 14.6. The van der Waals surface area contributed by atoms with E-state index in [9.17, 15) is 9.90 Å². The second kappa shape index (κ2) is 12.0. The molecule has 0 amide bonds. The lowest BCUT2D eigenvalue weighted by Crippen LogP contribution is -1.84. The molecule has 0 bridgehead atoms. The Kier molecular flexibility index (Phi) is 10.6. The first kappa shape index (κ1) is 18.5. The molecule has 0 saturated carbocycles. The Labute approximate surface area is 136 Å². The quantitative estimate of drug-likeness (QED) is 0.287. The van der Waals surface area contributed by atoms with Crippen molar-refractivity contribution in [1.29, 1.82) is 0 Å². The number of unbranched alkanes of at least 4 members (excludes halogenated alkanes) is 9. The van der Waals surface area contributed by atoms with Gasteiger partial charge in [0.2, 0.25) is 5.06 Å². The molecular weight excluding hydrogens is 302 g/mol. The van der Waals surface area contributed by atoms with Crippen LogP contribution < -0.4 is 0 Å². The zero-order chi connectivity index (χ0) is 15.3. The monoisotopic (exact) mass is 329 g/mol. The standard InChI is InChI=1S/C16H27NO2S2/c1-2-3-4-5-6-7-8-9-10-11-12-20-16-17-14(13-18)15(19)21-16/h13,19H,2-12H2,1H3. The molecule has 1 aromatic rings. The lowest BCUT2D eigenvalue weighted by atomic mass is 10.1. The van der Waals surface area contributed by atoms with Gasteiger partial charge < -0.3 is 5.11 Å². The Morgan fingerprint density at radius 2 is 1.62 bits per heavy atom. The highest BCUT2D eigenvalue weighted by molar-refractivity contribution is 8.01. The van der Waals surface area contributed by atoms with Gasteiger partial charge in [0.05, 0.1) is 0 Å². The van der Waals surface area contributed by atoms with Gasteiger partial charge in [0, 0.05) is 5.75 Å². The van der Waals surface area contributed by atoms with Crippen molar-refractivity contribution in [3.63, 3.8) is 0 Å². The summed E-state index contributed by atoms with van der Waals surface area (Å²) in [5, 5.41) is 9.46. The summed E-state index contributed by atoms with van der Waals surface area (Å²) in [5.74, 6) is 1.02. The average molecular weight is 330 g/mol. The van der Waals surface area contributed by atoms with Crippen molar-refractivity contribution in [1.82, 2.24) is 4.98 Å². The van der Waals surface area contributed by atoms with Crippen LogP contribution in [0.4, 0.5) is 0 Å². The molecule has 21 heavy (non-hydrogen) atoms. The number of thiazole rings is 1. The van der Waals surface area contributed by atoms with Gasteiger partial charge >= 0.3 is 0 Å². The van der Waals surface area contributed by atoms with E-state index in [2.05, 4.69) is 11.9 Å². The van der Waals surface area contributed by atoms with Crippen molar-refractivity contribution < 1.29 is 9.90 Å². The van der Waals surface area contributed by atoms with Crippen LogP contribution in [-0.4, -0.2) is 22.1 Å². The molecule has 0 saturated heterocycles. The van der Waals surface area contributed by atoms with Crippen LogP contribution >= 0.6 is 23.1 Å². The minimum absolute atomic E-state index is 0.0376. The highest BCUT2D eigenvalue weighted by Gasteiger charge is 2.08. The van der Waals surface area contributed by atoms with E-state index < -0.39 is 0 Å². The Balaban J connectivity index is 1.91. The summed E-state index contributed by atoms with van der Waals surface area (Å²) in [6.45, 7) is 2.25. The molecule has 1 heterocycles. The molecule has 0 aliphatic carbocycles. The number of hydrogen-bond donors (Lipinski definition) is 1. The maximum atomic E-state index is 10.6. The minimum atomic E-state index is 0.0376. The predicted octanol–water partition coefficient (Wildman–Crippen LogP) is 5.67. The summed E-state index contributed by atoms with van der Waals surface area (Å²) in [5.41, 5.74) is 0.172. The van der Waals surface area contributed by atoms with Crippen molar-refractivity contribution >= 4 is 29.4 Å². The highest BCUT2D eigenvalue weighted by Crippen LogP contribution is 2.32. The smallest absolute Gasteiger partial charge is 0.203 e. The van der Waals surface area contributed by atoms with Crippen molar-refractivity contribution in [3.05, 3.63) is 5.69 Å². The summed E-state index contributed by atoms with van der Waals surface area (Å²) in [6, 6.07) is 0.